The normalized spacial score (nSPS) is 11.9. The van der Waals surface area contributed by atoms with Crippen LogP contribution in [0.1, 0.15) is 5.56 Å². The number of methoxy groups -OCH3 is 1. The van der Waals surface area contributed by atoms with Crippen LogP contribution < -0.4 is 14.8 Å². The van der Waals surface area contributed by atoms with E-state index in [1.807, 2.05) is 0 Å². The summed E-state index contributed by atoms with van der Waals surface area (Å²) in [6, 6.07) is 6.45. The molecule has 0 atom stereocenters. The molecule has 0 saturated heterocycles. The molecule has 2 rings (SSSR count). The first-order valence-corrected chi connectivity index (χ1v) is 10.8. The van der Waals surface area contributed by atoms with Gasteiger partial charge in [-0.05, 0) is 36.4 Å². The monoisotopic (exact) mass is 500 g/mol. The molecule has 0 aliphatic carbocycles. The first kappa shape index (κ1) is 25.2. The van der Waals surface area contributed by atoms with E-state index in [1.165, 1.54) is 25.3 Å². The van der Waals surface area contributed by atoms with Crippen molar-refractivity contribution in [1.29, 1.82) is 0 Å². The van der Waals surface area contributed by atoms with E-state index in [0.717, 1.165) is 12.1 Å². The number of halogens is 5. The molecular weight excluding hydrogens is 484 g/mol. The number of sulfonamides is 1. The molecule has 0 aromatic heterocycles. The summed E-state index contributed by atoms with van der Waals surface area (Å²) in [6.07, 6.45) is -4.73. The van der Waals surface area contributed by atoms with Crippen molar-refractivity contribution < 1.29 is 35.9 Å². The molecule has 2 aromatic rings. The number of benzene rings is 2. The Labute approximate surface area is 186 Å². The molecule has 0 heterocycles. The molecule has 1 amide bonds. The summed E-state index contributed by atoms with van der Waals surface area (Å²) in [4.78, 5) is 11.9. The highest BCUT2D eigenvalue weighted by molar-refractivity contribution is 7.89. The number of nitrogens with one attached hydrogen (secondary N) is 2. The average molecular weight is 501 g/mol. The van der Waals surface area contributed by atoms with Crippen LogP contribution in [0.3, 0.4) is 0 Å². The van der Waals surface area contributed by atoms with E-state index in [0.29, 0.717) is 6.07 Å². The highest BCUT2D eigenvalue weighted by Crippen LogP contribution is 2.36. The van der Waals surface area contributed by atoms with E-state index in [2.05, 4.69) is 10.0 Å². The average Bonchev–Trinajstić information content (AvgIpc) is 2.67. The number of carbonyl (C=O) groups is 1. The van der Waals surface area contributed by atoms with E-state index in [1.54, 1.807) is 0 Å². The van der Waals surface area contributed by atoms with Gasteiger partial charge in [-0.3, -0.25) is 4.79 Å². The third-order valence-electron chi connectivity index (χ3n) is 3.73. The molecule has 0 saturated carbocycles. The molecular formula is C18H17Cl2F3N2O5S. The summed E-state index contributed by atoms with van der Waals surface area (Å²) in [6.45, 7) is -0.440. The fourth-order valence-electron chi connectivity index (χ4n) is 2.32. The highest BCUT2D eigenvalue weighted by Gasteiger charge is 2.34. The van der Waals surface area contributed by atoms with Gasteiger partial charge in [-0.2, -0.15) is 13.2 Å². The zero-order valence-electron chi connectivity index (χ0n) is 15.9. The summed E-state index contributed by atoms with van der Waals surface area (Å²) >= 11 is 11.6. The van der Waals surface area contributed by atoms with Crippen LogP contribution in [-0.4, -0.2) is 41.2 Å². The van der Waals surface area contributed by atoms with Gasteiger partial charge in [0.25, 0.3) is 5.91 Å². The molecule has 0 unspecified atom stereocenters. The van der Waals surface area contributed by atoms with Crippen LogP contribution in [-0.2, 0) is 25.7 Å². The number of anilines is 1. The number of carbonyl (C=O) groups excluding carboxylic acids is 1. The third kappa shape index (κ3) is 7.25. The highest BCUT2D eigenvalue weighted by atomic mass is 35.5. The quantitative estimate of drug-likeness (QED) is 0.508. The predicted molar refractivity (Wildman–Crippen MR) is 109 cm³/mol. The number of hydrogen-bond donors (Lipinski definition) is 2. The molecule has 170 valence electrons. The second-order valence-electron chi connectivity index (χ2n) is 6.01. The Morgan fingerprint density at radius 3 is 2.45 bits per heavy atom. The summed E-state index contributed by atoms with van der Waals surface area (Å²) < 4.78 is 75.8. The van der Waals surface area contributed by atoms with Gasteiger partial charge in [-0.15, -0.1) is 0 Å². The Hall–Kier alpha value is -2.05. The topological polar surface area (TPSA) is 93.7 Å². The van der Waals surface area contributed by atoms with Crippen molar-refractivity contribution in [2.24, 2.45) is 0 Å². The summed E-state index contributed by atoms with van der Waals surface area (Å²) in [5.41, 5.74) is -1.60. The Balaban J connectivity index is 2.05. The molecule has 0 fully saturated rings. The third-order valence-corrected chi connectivity index (χ3v) is 5.72. The molecule has 7 nitrogen and oxygen atoms in total. The Kier molecular flexibility index (Phi) is 8.55. The molecule has 0 radical (unpaired) electrons. The SMILES string of the molecule is COCCNS(=O)(=O)c1ccc(OCC(=O)Nc2ccc(Cl)cc2C(F)(F)F)c(Cl)c1. The lowest BCUT2D eigenvalue weighted by atomic mass is 10.1. The van der Waals surface area contributed by atoms with Gasteiger partial charge in [0.1, 0.15) is 5.75 Å². The standard InChI is InChI=1S/C18H17Cl2F3N2O5S/c1-29-7-6-24-31(27,28)12-3-5-16(14(20)9-12)30-10-17(26)25-15-4-2-11(19)8-13(15)18(21,22)23/h2-5,8-9,24H,6-7,10H2,1H3,(H,25,26). The van der Waals surface area contributed by atoms with Crippen molar-refractivity contribution in [1.82, 2.24) is 4.72 Å². The lowest BCUT2D eigenvalue weighted by Crippen LogP contribution is -2.27. The zero-order valence-corrected chi connectivity index (χ0v) is 18.3. The van der Waals surface area contributed by atoms with Gasteiger partial charge in [-0.25, -0.2) is 13.1 Å². The number of hydrogen-bond acceptors (Lipinski definition) is 5. The minimum Gasteiger partial charge on any atom is -0.482 e. The van der Waals surface area contributed by atoms with E-state index in [9.17, 15) is 26.4 Å². The van der Waals surface area contributed by atoms with Crippen molar-refractivity contribution in [2.75, 3.05) is 32.2 Å². The maximum Gasteiger partial charge on any atom is 0.418 e. The molecule has 13 heteroatoms. The number of alkyl halides is 3. The van der Waals surface area contributed by atoms with Gasteiger partial charge < -0.3 is 14.8 Å². The summed E-state index contributed by atoms with van der Waals surface area (Å²) in [7, 11) is -2.41. The van der Waals surface area contributed by atoms with Crippen molar-refractivity contribution in [2.45, 2.75) is 11.1 Å². The van der Waals surface area contributed by atoms with E-state index < -0.39 is 40.0 Å². The van der Waals surface area contributed by atoms with Crippen molar-refractivity contribution in [3.05, 3.63) is 52.0 Å². The molecule has 2 N–H and O–H groups in total. The van der Waals surface area contributed by atoms with Crippen molar-refractivity contribution in [3.63, 3.8) is 0 Å². The molecule has 0 bridgehead atoms. The van der Waals surface area contributed by atoms with E-state index in [-0.39, 0.29) is 33.8 Å². The number of rotatable bonds is 9. The van der Waals surface area contributed by atoms with Gasteiger partial charge >= 0.3 is 6.18 Å². The maximum atomic E-state index is 13.1. The minimum absolute atomic E-state index is 0.0280. The van der Waals surface area contributed by atoms with Crippen LogP contribution >= 0.6 is 23.2 Å². The van der Waals surface area contributed by atoms with Crippen LogP contribution in [0.25, 0.3) is 0 Å². The number of ether oxygens (including phenoxy) is 2. The lowest BCUT2D eigenvalue weighted by molar-refractivity contribution is -0.137. The molecule has 0 spiro atoms. The van der Waals surface area contributed by atoms with Crippen molar-refractivity contribution in [3.8, 4) is 5.75 Å². The van der Waals surface area contributed by atoms with E-state index in [4.69, 9.17) is 32.7 Å². The second kappa shape index (κ2) is 10.5. The largest absolute Gasteiger partial charge is 0.482 e. The van der Waals surface area contributed by atoms with Gasteiger partial charge in [-0.1, -0.05) is 23.2 Å². The number of amides is 1. The molecule has 0 aliphatic rings. The second-order valence-corrected chi connectivity index (χ2v) is 8.62. The first-order chi connectivity index (χ1) is 14.4. The van der Waals surface area contributed by atoms with Crippen LogP contribution in [0.15, 0.2) is 41.3 Å². The van der Waals surface area contributed by atoms with Crippen molar-refractivity contribution >= 4 is 44.8 Å². The minimum atomic E-state index is -4.73. The Bertz CT molecular complexity index is 1050. The van der Waals surface area contributed by atoms with E-state index >= 15 is 0 Å². The predicted octanol–water partition coefficient (Wildman–Crippen LogP) is 3.95. The van der Waals surface area contributed by atoms with Gasteiger partial charge in [0.2, 0.25) is 10.0 Å². The van der Waals surface area contributed by atoms with Crippen LogP contribution in [0.2, 0.25) is 10.0 Å². The first-order valence-electron chi connectivity index (χ1n) is 8.51. The Morgan fingerprint density at radius 1 is 1.13 bits per heavy atom. The van der Waals surface area contributed by atoms with Crippen LogP contribution in [0, 0.1) is 0 Å². The summed E-state index contributed by atoms with van der Waals surface area (Å²) in [5, 5.41) is 1.85. The zero-order chi connectivity index (χ0) is 23.2. The van der Waals surface area contributed by atoms with Crippen LogP contribution in [0.5, 0.6) is 5.75 Å². The van der Waals surface area contributed by atoms with Gasteiger partial charge in [0.15, 0.2) is 6.61 Å². The molecule has 2 aromatic carbocycles. The van der Waals surface area contributed by atoms with Gasteiger partial charge in [0.05, 0.1) is 27.8 Å². The summed E-state index contributed by atoms with van der Waals surface area (Å²) in [5.74, 6) is -0.915. The van der Waals surface area contributed by atoms with Crippen LogP contribution in [0.4, 0.5) is 18.9 Å². The lowest BCUT2D eigenvalue weighted by Gasteiger charge is -2.15. The fraction of sp³-hybridized carbons (Fsp3) is 0.278. The fourth-order valence-corrected chi connectivity index (χ4v) is 3.83. The van der Waals surface area contributed by atoms with Gasteiger partial charge in [0, 0.05) is 18.7 Å². The smallest absolute Gasteiger partial charge is 0.418 e. The molecule has 0 aliphatic heterocycles. The Morgan fingerprint density at radius 2 is 1.84 bits per heavy atom. The molecule has 31 heavy (non-hydrogen) atoms. The maximum absolute atomic E-state index is 13.1.